The molecule has 1 aromatic heterocycles. The molecule has 1 fully saturated rings. The molecule has 0 radical (unpaired) electrons. The maximum absolute atomic E-state index is 13.4. The molecule has 0 bridgehead atoms. The first-order valence-electron chi connectivity index (χ1n) is 10.4. The standard InChI is InChI=1S/C24H23BrClN3O2/c1-2-12-31-22-11-9-19(26)13-17(22)15-27-29-23(16-6-4-3-5-7-16)28-21-10-8-18(25)14-20(21)24(29)30/h2,8-11,13-16H,1,3-7,12H2. The van der Waals surface area contributed by atoms with Gasteiger partial charge in [-0.05, 0) is 49.2 Å². The number of benzene rings is 2. The summed E-state index contributed by atoms with van der Waals surface area (Å²) in [6.07, 6.45) is 8.80. The lowest BCUT2D eigenvalue weighted by atomic mass is 9.88. The van der Waals surface area contributed by atoms with E-state index in [4.69, 9.17) is 21.3 Å². The molecule has 160 valence electrons. The summed E-state index contributed by atoms with van der Waals surface area (Å²) >= 11 is 9.64. The Morgan fingerprint density at radius 1 is 1.23 bits per heavy atom. The number of hydrogen-bond acceptors (Lipinski definition) is 4. The minimum absolute atomic E-state index is 0.182. The molecule has 0 atom stereocenters. The second kappa shape index (κ2) is 9.79. The minimum atomic E-state index is -0.182. The average molecular weight is 501 g/mol. The van der Waals surface area contributed by atoms with Crippen molar-refractivity contribution in [1.82, 2.24) is 9.66 Å². The molecule has 0 aliphatic heterocycles. The molecule has 0 unspecified atom stereocenters. The van der Waals surface area contributed by atoms with Crippen molar-refractivity contribution in [1.29, 1.82) is 0 Å². The van der Waals surface area contributed by atoms with E-state index in [0.717, 1.165) is 30.2 Å². The molecule has 0 saturated heterocycles. The Bertz CT molecular complexity index is 1200. The van der Waals surface area contributed by atoms with Crippen LogP contribution in [0.1, 0.15) is 49.4 Å². The van der Waals surface area contributed by atoms with Crippen molar-refractivity contribution in [2.24, 2.45) is 5.10 Å². The van der Waals surface area contributed by atoms with Crippen LogP contribution in [-0.4, -0.2) is 22.5 Å². The van der Waals surface area contributed by atoms with Crippen LogP contribution in [-0.2, 0) is 0 Å². The molecule has 31 heavy (non-hydrogen) atoms. The molecule has 4 rings (SSSR count). The monoisotopic (exact) mass is 499 g/mol. The molecule has 1 saturated carbocycles. The van der Waals surface area contributed by atoms with Gasteiger partial charge in [0.15, 0.2) is 0 Å². The van der Waals surface area contributed by atoms with Gasteiger partial charge in [0.25, 0.3) is 5.56 Å². The lowest BCUT2D eigenvalue weighted by molar-refractivity contribution is 0.362. The maximum Gasteiger partial charge on any atom is 0.282 e. The van der Waals surface area contributed by atoms with Crippen molar-refractivity contribution in [2.75, 3.05) is 6.61 Å². The first-order valence-corrected chi connectivity index (χ1v) is 11.5. The Balaban J connectivity index is 1.84. The van der Waals surface area contributed by atoms with Gasteiger partial charge in [0.2, 0.25) is 0 Å². The lowest BCUT2D eigenvalue weighted by Crippen LogP contribution is -2.25. The highest BCUT2D eigenvalue weighted by molar-refractivity contribution is 9.10. The highest BCUT2D eigenvalue weighted by Crippen LogP contribution is 2.32. The van der Waals surface area contributed by atoms with Gasteiger partial charge in [0.1, 0.15) is 18.2 Å². The summed E-state index contributed by atoms with van der Waals surface area (Å²) < 4.78 is 7.99. The first-order chi connectivity index (χ1) is 15.1. The van der Waals surface area contributed by atoms with E-state index in [2.05, 4.69) is 27.6 Å². The average Bonchev–Trinajstić information content (AvgIpc) is 2.78. The third kappa shape index (κ3) is 4.91. The number of fused-ring (bicyclic) bond motifs is 1. The fourth-order valence-corrected chi connectivity index (χ4v) is 4.46. The number of ether oxygens (including phenoxy) is 1. The van der Waals surface area contributed by atoms with E-state index >= 15 is 0 Å². The molecule has 0 spiro atoms. The molecule has 2 aromatic carbocycles. The van der Waals surface area contributed by atoms with Crippen LogP contribution < -0.4 is 10.3 Å². The smallest absolute Gasteiger partial charge is 0.282 e. The van der Waals surface area contributed by atoms with Crippen LogP contribution in [0.5, 0.6) is 5.75 Å². The zero-order chi connectivity index (χ0) is 21.8. The van der Waals surface area contributed by atoms with E-state index in [-0.39, 0.29) is 11.5 Å². The summed E-state index contributed by atoms with van der Waals surface area (Å²) in [5.41, 5.74) is 1.20. The maximum atomic E-state index is 13.4. The topological polar surface area (TPSA) is 56.5 Å². The molecule has 1 heterocycles. The van der Waals surface area contributed by atoms with Crippen molar-refractivity contribution in [3.05, 3.63) is 80.3 Å². The van der Waals surface area contributed by atoms with Crippen LogP contribution in [0.15, 0.2) is 63.4 Å². The number of hydrogen-bond donors (Lipinski definition) is 0. The zero-order valence-corrected chi connectivity index (χ0v) is 19.4. The summed E-state index contributed by atoms with van der Waals surface area (Å²) in [5.74, 6) is 1.55. The van der Waals surface area contributed by atoms with Gasteiger partial charge in [-0.15, -0.1) is 0 Å². The quantitative estimate of drug-likeness (QED) is 0.294. The van der Waals surface area contributed by atoms with E-state index in [1.54, 1.807) is 36.6 Å². The van der Waals surface area contributed by atoms with Crippen LogP contribution in [0, 0.1) is 0 Å². The third-order valence-corrected chi connectivity index (χ3v) is 6.17. The highest BCUT2D eigenvalue weighted by Gasteiger charge is 2.22. The van der Waals surface area contributed by atoms with Gasteiger partial charge in [-0.2, -0.15) is 9.78 Å². The minimum Gasteiger partial charge on any atom is -0.489 e. The molecule has 3 aromatic rings. The van der Waals surface area contributed by atoms with Crippen LogP contribution in [0.4, 0.5) is 0 Å². The normalized spacial score (nSPS) is 14.9. The lowest BCUT2D eigenvalue weighted by Gasteiger charge is -2.22. The van der Waals surface area contributed by atoms with Gasteiger partial charge in [-0.3, -0.25) is 4.79 Å². The van der Waals surface area contributed by atoms with E-state index in [1.165, 1.54) is 11.1 Å². The zero-order valence-electron chi connectivity index (χ0n) is 17.1. The molecule has 1 aliphatic carbocycles. The molecule has 0 amide bonds. The van der Waals surface area contributed by atoms with E-state index < -0.39 is 0 Å². The summed E-state index contributed by atoms with van der Waals surface area (Å²) in [6, 6.07) is 10.9. The van der Waals surface area contributed by atoms with Crippen LogP contribution in [0.25, 0.3) is 10.9 Å². The second-order valence-electron chi connectivity index (χ2n) is 7.61. The van der Waals surface area contributed by atoms with Gasteiger partial charge in [0, 0.05) is 21.0 Å². The SMILES string of the molecule is C=CCOc1ccc(Cl)cc1C=Nn1c(C2CCCCC2)nc2ccc(Br)cc2c1=O. The number of nitrogens with zero attached hydrogens (tertiary/aromatic N) is 3. The predicted molar refractivity (Wildman–Crippen MR) is 130 cm³/mol. The van der Waals surface area contributed by atoms with Gasteiger partial charge in [-0.1, -0.05) is 59.4 Å². The Kier molecular flexibility index (Phi) is 6.88. The number of aromatic nitrogens is 2. The van der Waals surface area contributed by atoms with Crippen LogP contribution >= 0.6 is 27.5 Å². The summed E-state index contributed by atoms with van der Waals surface area (Å²) in [6.45, 7) is 4.05. The highest BCUT2D eigenvalue weighted by atomic mass is 79.9. The van der Waals surface area contributed by atoms with E-state index in [9.17, 15) is 4.79 Å². The fourth-order valence-electron chi connectivity index (χ4n) is 3.92. The predicted octanol–water partition coefficient (Wildman–Crippen LogP) is 6.31. The summed E-state index contributed by atoms with van der Waals surface area (Å²) in [4.78, 5) is 18.3. The van der Waals surface area contributed by atoms with Gasteiger partial charge in [0.05, 0.1) is 17.1 Å². The molecule has 7 heteroatoms. The third-order valence-electron chi connectivity index (χ3n) is 5.44. The number of rotatable bonds is 6. The molecular weight excluding hydrogens is 478 g/mol. The van der Waals surface area contributed by atoms with Crippen LogP contribution in [0.2, 0.25) is 5.02 Å². The van der Waals surface area contributed by atoms with Crippen LogP contribution in [0.3, 0.4) is 0 Å². The Morgan fingerprint density at radius 2 is 2.03 bits per heavy atom. The van der Waals surface area contributed by atoms with Gasteiger partial charge < -0.3 is 4.74 Å². The molecule has 5 nitrogen and oxygen atoms in total. The Morgan fingerprint density at radius 3 is 2.81 bits per heavy atom. The largest absolute Gasteiger partial charge is 0.489 e. The Hall–Kier alpha value is -2.44. The first kappa shape index (κ1) is 21.8. The van der Waals surface area contributed by atoms with Crippen molar-refractivity contribution in [2.45, 2.75) is 38.0 Å². The fraction of sp³-hybridized carbons (Fsp3) is 0.292. The summed E-state index contributed by atoms with van der Waals surface area (Å²) in [5, 5.41) is 5.67. The molecular formula is C24H23BrClN3O2. The van der Waals surface area contributed by atoms with Crippen molar-refractivity contribution >= 4 is 44.6 Å². The van der Waals surface area contributed by atoms with Crippen molar-refractivity contribution < 1.29 is 4.74 Å². The van der Waals surface area contributed by atoms with E-state index in [0.29, 0.717) is 39.7 Å². The summed E-state index contributed by atoms with van der Waals surface area (Å²) in [7, 11) is 0. The van der Waals surface area contributed by atoms with E-state index in [1.807, 2.05) is 12.1 Å². The second-order valence-corrected chi connectivity index (χ2v) is 8.96. The molecule has 1 aliphatic rings. The van der Waals surface area contributed by atoms with Crippen molar-refractivity contribution in [3.8, 4) is 5.75 Å². The van der Waals surface area contributed by atoms with Crippen molar-refractivity contribution in [3.63, 3.8) is 0 Å². The Labute approximate surface area is 194 Å². The molecule has 0 N–H and O–H groups in total. The van der Waals surface area contributed by atoms with Gasteiger partial charge >= 0.3 is 0 Å². The van der Waals surface area contributed by atoms with Gasteiger partial charge in [-0.25, -0.2) is 4.98 Å². The number of halogens is 2.